The number of amides is 1. The van der Waals surface area contributed by atoms with Gasteiger partial charge in [0.25, 0.3) is 5.91 Å². The molecule has 0 aromatic heterocycles. The Balaban J connectivity index is 2.74. The van der Waals surface area contributed by atoms with Gasteiger partial charge in [-0.15, -0.1) is 0 Å². The highest BCUT2D eigenvalue weighted by Gasteiger charge is 2.16. The summed E-state index contributed by atoms with van der Waals surface area (Å²) in [5, 5.41) is 16.4. The van der Waals surface area contributed by atoms with Crippen LogP contribution in [0, 0.1) is 5.41 Å². The molecule has 0 atom stereocenters. The predicted octanol–water partition coefficient (Wildman–Crippen LogP) is 0.184. The smallest absolute Gasteiger partial charge is 0.291 e. The molecule has 0 fully saturated rings. The van der Waals surface area contributed by atoms with Gasteiger partial charge in [0, 0.05) is 6.42 Å². The van der Waals surface area contributed by atoms with Crippen LogP contribution in [0.25, 0.3) is 0 Å². The monoisotopic (exact) mass is 140 g/mol. The van der Waals surface area contributed by atoms with Crippen LogP contribution in [-0.2, 0) is 4.79 Å². The molecule has 2 N–H and O–H groups in total. The second-order valence-corrected chi connectivity index (χ2v) is 2.04. The molecule has 1 heterocycles. The molecule has 54 valence electrons. The summed E-state index contributed by atoms with van der Waals surface area (Å²) in [4.78, 5) is 10.8. The molecule has 1 amide bonds. The van der Waals surface area contributed by atoms with Gasteiger partial charge in [-0.05, 0) is 0 Å². The minimum absolute atomic E-state index is 0.0729. The quantitative estimate of drug-likeness (QED) is 0.372. The van der Waals surface area contributed by atoms with Crippen LogP contribution in [0.3, 0.4) is 0 Å². The highest BCUT2D eigenvalue weighted by Crippen LogP contribution is 1.98. The number of hydroxylamine groups is 2. The first kappa shape index (κ1) is 6.95. The van der Waals surface area contributed by atoms with E-state index in [1.54, 1.807) is 12.2 Å². The van der Waals surface area contributed by atoms with Gasteiger partial charge in [-0.25, -0.2) is 5.06 Å². The van der Waals surface area contributed by atoms with Gasteiger partial charge < -0.3 is 0 Å². The van der Waals surface area contributed by atoms with E-state index in [1.807, 2.05) is 0 Å². The van der Waals surface area contributed by atoms with Gasteiger partial charge in [-0.2, -0.15) is 0 Å². The third-order valence-corrected chi connectivity index (χ3v) is 1.26. The van der Waals surface area contributed by atoms with Gasteiger partial charge in [0.2, 0.25) is 0 Å². The Morgan fingerprint density at radius 3 is 3.00 bits per heavy atom. The lowest BCUT2D eigenvalue weighted by Gasteiger charge is -2.09. The lowest BCUT2D eigenvalue weighted by molar-refractivity contribution is -0.154. The summed E-state index contributed by atoms with van der Waals surface area (Å²) in [5.41, 5.74) is -0.0729. The zero-order valence-corrected chi connectivity index (χ0v) is 5.37. The van der Waals surface area contributed by atoms with E-state index in [0.29, 0.717) is 11.5 Å². The average Bonchev–Trinajstić information content (AvgIpc) is 2.04. The summed E-state index contributed by atoms with van der Waals surface area (Å²) < 4.78 is 0. The third kappa shape index (κ3) is 1.22. The molecule has 4 nitrogen and oxygen atoms in total. The number of nitrogens with one attached hydrogen (secondary N) is 1. The molecule has 1 aliphatic heterocycles. The summed E-state index contributed by atoms with van der Waals surface area (Å²) in [5.74, 6) is -0.606. The minimum atomic E-state index is -0.606. The number of carbonyl (C=O) groups is 1. The van der Waals surface area contributed by atoms with Crippen molar-refractivity contribution in [3.63, 3.8) is 0 Å². The zero-order chi connectivity index (χ0) is 7.56. The fourth-order valence-electron chi connectivity index (χ4n) is 0.702. The first-order valence-corrected chi connectivity index (χ1v) is 2.95. The fourth-order valence-corrected chi connectivity index (χ4v) is 0.702. The highest BCUT2D eigenvalue weighted by molar-refractivity contribution is 6.37. The molecule has 1 aliphatic rings. The largest absolute Gasteiger partial charge is 0.299 e. The van der Waals surface area contributed by atoms with E-state index in [-0.39, 0.29) is 12.3 Å². The SMILES string of the molecule is N=C1CC=CCN(O)C1=O. The van der Waals surface area contributed by atoms with Crippen molar-refractivity contribution in [3.8, 4) is 0 Å². The lowest BCUT2D eigenvalue weighted by atomic mass is 10.2. The lowest BCUT2D eigenvalue weighted by Crippen LogP contribution is -2.31. The van der Waals surface area contributed by atoms with Gasteiger partial charge in [0.05, 0.1) is 6.54 Å². The molecule has 0 saturated carbocycles. The Labute approximate surface area is 58.2 Å². The highest BCUT2D eigenvalue weighted by atomic mass is 16.5. The number of hydrogen-bond donors (Lipinski definition) is 2. The van der Waals surface area contributed by atoms with Gasteiger partial charge in [0.15, 0.2) is 0 Å². The molecule has 1 rings (SSSR count). The molecular formula is C6H8N2O2. The number of nitrogens with zero attached hydrogens (tertiary/aromatic N) is 1. The Bertz CT molecular complexity index is 198. The summed E-state index contributed by atoms with van der Waals surface area (Å²) in [6.45, 7) is 0.182. The molecular weight excluding hydrogens is 132 g/mol. The second kappa shape index (κ2) is 2.62. The fraction of sp³-hybridized carbons (Fsp3) is 0.333. The molecule has 0 bridgehead atoms. The number of carbonyl (C=O) groups excluding carboxylic acids is 1. The molecule has 0 aromatic rings. The standard InChI is InChI=1S/C6H8N2O2/c7-5-3-1-2-4-8(10)6(5)9/h1-2,7,10H,3-4H2. The normalized spacial score (nSPS) is 19.5. The van der Waals surface area contributed by atoms with Crippen molar-refractivity contribution in [2.45, 2.75) is 6.42 Å². The van der Waals surface area contributed by atoms with Crippen LogP contribution >= 0.6 is 0 Å². The molecule has 4 heteroatoms. The Morgan fingerprint density at radius 2 is 2.30 bits per heavy atom. The van der Waals surface area contributed by atoms with Gasteiger partial charge in [0.1, 0.15) is 5.71 Å². The topological polar surface area (TPSA) is 64.4 Å². The van der Waals surface area contributed by atoms with Crippen molar-refractivity contribution in [2.75, 3.05) is 6.54 Å². The molecule has 0 aromatic carbocycles. The van der Waals surface area contributed by atoms with Crippen molar-refractivity contribution in [3.05, 3.63) is 12.2 Å². The van der Waals surface area contributed by atoms with E-state index >= 15 is 0 Å². The Hall–Kier alpha value is -1.16. The van der Waals surface area contributed by atoms with Gasteiger partial charge in [-0.3, -0.25) is 15.4 Å². The first-order chi connectivity index (χ1) is 4.72. The van der Waals surface area contributed by atoms with Crippen LogP contribution in [0.2, 0.25) is 0 Å². The maximum atomic E-state index is 10.8. The summed E-state index contributed by atoms with van der Waals surface area (Å²) >= 11 is 0. The van der Waals surface area contributed by atoms with Crippen molar-refractivity contribution >= 4 is 11.6 Å². The van der Waals surface area contributed by atoms with Crippen LogP contribution in [0.4, 0.5) is 0 Å². The van der Waals surface area contributed by atoms with Crippen molar-refractivity contribution in [2.24, 2.45) is 0 Å². The minimum Gasteiger partial charge on any atom is -0.299 e. The maximum Gasteiger partial charge on any atom is 0.291 e. The summed E-state index contributed by atoms with van der Waals surface area (Å²) in [6.07, 6.45) is 3.66. The summed E-state index contributed by atoms with van der Waals surface area (Å²) in [6, 6.07) is 0. The molecule has 0 spiro atoms. The second-order valence-electron chi connectivity index (χ2n) is 2.04. The van der Waals surface area contributed by atoms with Crippen molar-refractivity contribution in [1.29, 1.82) is 5.41 Å². The third-order valence-electron chi connectivity index (χ3n) is 1.26. The first-order valence-electron chi connectivity index (χ1n) is 2.95. The Morgan fingerprint density at radius 1 is 1.60 bits per heavy atom. The van der Waals surface area contributed by atoms with Gasteiger partial charge in [-0.1, -0.05) is 12.2 Å². The van der Waals surface area contributed by atoms with Gasteiger partial charge >= 0.3 is 0 Å². The molecule has 0 unspecified atom stereocenters. The van der Waals surface area contributed by atoms with Crippen LogP contribution in [-0.4, -0.2) is 28.4 Å². The van der Waals surface area contributed by atoms with Crippen LogP contribution in [0.1, 0.15) is 6.42 Å². The number of hydrogen-bond acceptors (Lipinski definition) is 3. The van der Waals surface area contributed by atoms with Crippen molar-refractivity contribution in [1.82, 2.24) is 5.06 Å². The number of rotatable bonds is 0. The van der Waals surface area contributed by atoms with E-state index in [9.17, 15) is 4.79 Å². The number of allylic oxidation sites excluding steroid dienone is 1. The molecule has 10 heavy (non-hydrogen) atoms. The van der Waals surface area contributed by atoms with E-state index < -0.39 is 5.91 Å². The van der Waals surface area contributed by atoms with E-state index in [1.165, 1.54) is 0 Å². The molecule has 0 aliphatic carbocycles. The van der Waals surface area contributed by atoms with E-state index in [0.717, 1.165) is 0 Å². The van der Waals surface area contributed by atoms with Crippen LogP contribution in [0.15, 0.2) is 12.2 Å². The predicted molar refractivity (Wildman–Crippen MR) is 35.0 cm³/mol. The van der Waals surface area contributed by atoms with E-state index in [2.05, 4.69) is 0 Å². The average molecular weight is 140 g/mol. The maximum absolute atomic E-state index is 10.8. The summed E-state index contributed by atoms with van der Waals surface area (Å²) in [7, 11) is 0. The van der Waals surface area contributed by atoms with Crippen molar-refractivity contribution < 1.29 is 10.0 Å². The van der Waals surface area contributed by atoms with E-state index in [4.69, 9.17) is 10.6 Å². The zero-order valence-electron chi connectivity index (χ0n) is 5.37. The Kier molecular flexibility index (Phi) is 1.82. The van der Waals surface area contributed by atoms with Crippen LogP contribution < -0.4 is 0 Å². The van der Waals surface area contributed by atoms with Crippen LogP contribution in [0.5, 0.6) is 0 Å². The molecule has 0 radical (unpaired) electrons. The molecule has 0 saturated heterocycles.